The summed E-state index contributed by atoms with van der Waals surface area (Å²) in [6, 6.07) is 0. The summed E-state index contributed by atoms with van der Waals surface area (Å²) >= 11 is 0. The highest BCUT2D eigenvalue weighted by Gasteiger charge is 2.43. The third-order valence-corrected chi connectivity index (χ3v) is 2.90. The van der Waals surface area contributed by atoms with Crippen LogP contribution < -0.4 is 5.32 Å². The number of fused-ring (bicyclic) bond motifs is 2. The zero-order chi connectivity index (χ0) is 7.95. The van der Waals surface area contributed by atoms with Gasteiger partial charge < -0.3 is 10.1 Å². The molecule has 0 amide bonds. The Balaban J connectivity index is 2.16. The largest absolute Gasteiger partial charge is 0.366 e. The van der Waals surface area contributed by atoms with E-state index in [1.807, 2.05) is 0 Å². The molecule has 64 valence electrons. The van der Waals surface area contributed by atoms with Crippen molar-refractivity contribution < 1.29 is 4.74 Å². The molecule has 2 nitrogen and oxygen atoms in total. The van der Waals surface area contributed by atoms with Crippen LogP contribution in [0.5, 0.6) is 0 Å². The predicted octanol–water partition coefficient (Wildman–Crippen LogP) is 1.31. The van der Waals surface area contributed by atoms with Crippen molar-refractivity contribution in [1.29, 1.82) is 0 Å². The fourth-order valence-corrected chi connectivity index (χ4v) is 2.37. The van der Waals surface area contributed by atoms with Crippen LogP contribution in [0.4, 0.5) is 0 Å². The summed E-state index contributed by atoms with van der Waals surface area (Å²) in [5, 5.41) is 3.44. The van der Waals surface area contributed by atoms with Gasteiger partial charge in [-0.1, -0.05) is 0 Å². The van der Waals surface area contributed by atoms with Crippen molar-refractivity contribution in [3.05, 3.63) is 0 Å². The lowest BCUT2D eigenvalue weighted by Gasteiger charge is -2.49. The monoisotopic (exact) mass is 155 g/mol. The summed E-state index contributed by atoms with van der Waals surface area (Å²) < 4.78 is 6.03. The van der Waals surface area contributed by atoms with Gasteiger partial charge in [0.15, 0.2) is 0 Å². The molecular weight excluding hydrogens is 138 g/mol. The molecule has 2 unspecified atom stereocenters. The number of ether oxygens (including phenoxy) is 1. The second kappa shape index (κ2) is 2.20. The number of nitrogens with one attached hydrogen (secondary N) is 1. The predicted molar refractivity (Wildman–Crippen MR) is 44.6 cm³/mol. The number of hydrogen-bond acceptors (Lipinski definition) is 2. The van der Waals surface area contributed by atoms with Gasteiger partial charge in [0.1, 0.15) is 0 Å². The Bertz CT molecular complexity index is 141. The Morgan fingerprint density at radius 2 is 1.64 bits per heavy atom. The van der Waals surface area contributed by atoms with Gasteiger partial charge in [-0.05, 0) is 33.1 Å². The van der Waals surface area contributed by atoms with Crippen LogP contribution >= 0.6 is 0 Å². The van der Waals surface area contributed by atoms with Gasteiger partial charge in [0, 0.05) is 13.1 Å². The van der Waals surface area contributed by atoms with E-state index in [2.05, 4.69) is 19.2 Å². The minimum Gasteiger partial charge on any atom is -0.366 e. The standard InChI is InChI=1S/C9H17NO/c1-8-4-3-5-9(2,11-8)7-10-6-8/h10H,3-7H2,1-2H3. The normalized spacial score (nSPS) is 50.7. The molecule has 2 heterocycles. The Morgan fingerprint density at radius 1 is 1.09 bits per heavy atom. The first-order valence-corrected chi connectivity index (χ1v) is 4.53. The quantitative estimate of drug-likeness (QED) is 0.569. The SMILES string of the molecule is CC12CCCC(C)(CNC1)O2. The van der Waals surface area contributed by atoms with Crippen LogP contribution in [0, 0.1) is 0 Å². The van der Waals surface area contributed by atoms with E-state index in [-0.39, 0.29) is 11.2 Å². The minimum atomic E-state index is 0.130. The van der Waals surface area contributed by atoms with Gasteiger partial charge in [-0.15, -0.1) is 0 Å². The van der Waals surface area contributed by atoms with Gasteiger partial charge in [-0.3, -0.25) is 0 Å². The molecule has 0 saturated carbocycles. The second-order valence-electron chi connectivity index (χ2n) is 4.46. The first-order valence-electron chi connectivity index (χ1n) is 4.53. The first kappa shape index (κ1) is 7.56. The van der Waals surface area contributed by atoms with Crippen LogP contribution in [-0.2, 0) is 4.74 Å². The van der Waals surface area contributed by atoms with Crippen LogP contribution in [0.15, 0.2) is 0 Å². The van der Waals surface area contributed by atoms with Gasteiger partial charge >= 0.3 is 0 Å². The number of rotatable bonds is 0. The van der Waals surface area contributed by atoms with Crippen LogP contribution in [0.2, 0.25) is 0 Å². The fourth-order valence-electron chi connectivity index (χ4n) is 2.37. The number of morpholine rings is 1. The van der Waals surface area contributed by atoms with Crippen molar-refractivity contribution in [3.8, 4) is 0 Å². The average Bonchev–Trinajstić information content (AvgIpc) is 1.83. The molecule has 2 aliphatic rings. The van der Waals surface area contributed by atoms with Gasteiger partial charge in [0.05, 0.1) is 11.2 Å². The van der Waals surface area contributed by atoms with Gasteiger partial charge in [-0.25, -0.2) is 0 Å². The van der Waals surface area contributed by atoms with Crippen molar-refractivity contribution >= 4 is 0 Å². The summed E-state index contributed by atoms with van der Waals surface area (Å²) in [6.45, 7) is 6.50. The third-order valence-electron chi connectivity index (χ3n) is 2.90. The molecule has 2 saturated heterocycles. The summed E-state index contributed by atoms with van der Waals surface area (Å²) in [4.78, 5) is 0. The Kier molecular flexibility index (Phi) is 1.52. The molecule has 2 fully saturated rings. The van der Waals surface area contributed by atoms with Crippen molar-refractivity contribution in [1.82, 2.24) is 5.32 Å². The molecule has 11 heavy (non-hydrogen) atoms. The maximum atomic E-state index is 6.03. The Hall–Kier alpha value is -0.0800. The van der Waals surface area contributed by atoms with Gasteiger partial charge in [-0.2, -0.15) is 0 Å². The van der Waals surface area contributed by atoms with Crippen LogP contribution in [-0.4, -0.2) is 24.3 Å². The maximum absolute atomic E-state index is 6.03. The average molecular weight is 155 g/mol. The second-order valence-corrected chi connectivity index (χ2v) is 4.46. The molecular formula is C9H17NO. The highest BCUT2D eigenvalue weighted by atomic mass is 16.5. The molecule has 2 atom stereocenters. The lowest BCUT2D eigenvalue weighted by atomic mass is 9.84. The van der Waals surface area contributed by atoms with Gasteiger partial charge in [0.2, 0.25) is 0 Å². The lowest BCUT2D eigenvalue weighted by molar-refractivity contribution is -0.191. The smallest absolute Gasteiger partial charge is 0.0786 e. The molecule has 1 N–H and O–H groups in total. The lowest BCUT2D eigenvalue weighted by Crippen LogP contribution is -2.60. The molecule has 0 aromatic heterocycles. The summed E-state index contributed by atoms with van der Waals surface area (Å²) in [7, 11) is 0. The first-order chi connectivity index (χ1) is 5.12. The van der Waals surface area contributed by atoms with E-state index in [1.165, 1.54) is 19.3 Å². The number of hydrogen-bond donors (Lipinski definition) is 1. The van der Waals surface area contributed by atoms with E-state index in [9.17, 15) is 0 Å². The minimum absolute atomic E-state index is 0.130. The van der Waals surface area contributed by atoms with E-state index in [0.29, 0.717) is 0 Å². The summed E-state index contributed by atoms with van der Waals surface area (Å²) in [5.74, 6) is 0. The van der Waals surface area contributed by atoms with E-state index < -0.39 is 0 Å². The molecule has 0 radical (unpaired) electrons. The maximum Gasteiger partial charge on any atom is 0.0786 e. The van der Waals surface area contributed by atoms with Crippen molar-refractivity contribution in [3.63, 3.8) is 0 Å². The zero-order valence-corrected chi connectivity index (χ0v) is 7.44. The van der Waals surface area contributed by atoms with Crippen LogP contribution in [0.25, 0.3) is 0 Å². The Labute approximate surface area is 68.3 Å². The van der Waals surface area contributed by atoms with Crippen molar-refractivity contribution in [2.45, 2.75) is 44.3 Å². The molecule has 0 aromatic rings. The molecule has 0 aromatic carbocycles. The van der Waals surface area contributed by atoms with E-state index in [1.54, 1.807) is 0 Å². The topological polar surface area (TPSA) is 21.3 Å². The van der Waals surface area contributed by atoms with E-state index >= 15 is 0 Å². The van der Waals surface area contributed by atoms with E-state index in [4.69, 9.17) is 4.74 Å². The van der Waals surface area contributed by atoms with E-state index in [0.717, 1.165) is 13.1 Å². The molecule has 2 aliphatic heterocycles. The van der Waals surface area contributed by atoms with Gasteiger partial charge in [0.25, 0.3) is 0 Å². The van der Waals surface area contributed by atoms with Crippen molar-refractivity contribution in [2.75, 3.05) is 13.1 Å². The molecule has 2 rings (SSSR count). The van der Waals surface area contributed by atoms with Crippen LogP contribution in [0.3, 0.4) is 0 Å². The zero-order valence-electron chi connectivity index (χ0n) is 7.44. The van der Waals surface area contributed by atoms with Crippen LogP contribution in [0.1, 0.15) is 33.1 Å². The molecule has 2 bridgehead atoms. The molecule has 0 aliphatic carbocycles. The Morgan fingerprint density at radius 3 is 2.09 bits per heavy atom. The molecule has 0 spiro atoms. The highest BCUT2D eigenvalue weighted by Crippen LogP contribution is 2.36. The molecule has 2 heteroatoms. The summed E-state index contributed by atoms with van der Waals surface area (Å²) in [5.41, 5.74) is 0.260. The van der Waals surface area contributed by atoms with Crippen molar-refractivity contribution in [2.24, 2.45) is 0 Å². The summed E-state index contributed by atoms with van der Waals surface area (Å²) in [6.07, 6.45) is 3.76. The third kappa shape index (κ3) is 1.30. The highest BCUT2D eigenvalue weighted by molar-refractivity contribution is 4.96. The fraction of sp³-hybridized carbons (Fsp3) is 1.00.